The summed E-state index contributed by atoms with van der Waals surface area (Å²) in [6, 6.07) is 1.98. The van der Waals surface area contributed by atoms with Gasteiger partial charge in [-0.25, -0.2) is 9.97 Å². The maximum absolute atomic E-state index is 12.2. The van der Waals surface area contributed by atoms with Crippen LogP contribution in [0.1, 0.15) is 43.6 Å². The fraction of sp³-hybridized carbons (Fsp3) is 0.733. The highest BCUT2D eigenvalue weighted by molar-refractivity contribution is 7.87. The first kappa shape index (κ1) is 16.6. The Labute approximate surface area is 138 Å². The standard InChI is InChI=1S/C15H25N5O2S/c1-13-11-15(19-7-3-2-4-8-19)18-14(17-13)12-16-23(21,22)20-9-5-6-10-20/h11,16H,2-10,12H2,1H3. The first-order valence-electron chi connectivity index (χ1n) is 8.39. The van der Waals surface area contributed by atoms with Crippen LogP contribution in [-0.4, -0.2) is 48.9 Å². The first-order valence-corrected chi connectivity index (χ1v) is 9.83. The average molecular weight is 339 g/mol. The second-order valence-electron chi connectivity index (χ2n) is 6.26. The van der Waals surface area contributed by atoms with E-state index in [1.165, 1.54) is 23.6 Å². The van der Waals surface area contributed by atoms with Gasteiger partial charge in [0, 0.05) is 37.9 Å². The molecule has 0 atom stereocenters. The molecule has 2 aliphatic rings. The molecule has 0 bridgehead atoms. The Bertz CT molecular complexity index is 637. The molecule has 0 amide bonds. The van der Waals surface area contributed by atoms with E-state index >= 15 is 0 Å². The third-order valence-electron chi connectivity index (χ3n) is 4.38. The van der Waals surface area contributed by atoms with Crippen molar-refractivity contribution in [3.8, 4) is 0 Å². The summed E-state index contributed by atoms with van der Waals surface area (Å²) in [5.41, 5.74) is 0.871. The lowest BCUT2D eigenvalue weighted by Gasteiger charge is -2.28. The monoisotopic (exact) mass is 339 g/mol. The Balaban J connectivity index is 1.68. The number of aromatic nitrogens is 2. The zero-order chi connectivity index (χ0) is 16.3. The molecule has 0 spiro atoms. The summed E-state index contributed by atoms with van der Waals surface area (Å²) in [5.74, 6) is 1.45. The highest BCUT2D eigenvalue weighted by Crippen LogP contribution is 2.18. The number of aryl methyl sites for hydroxylation is 1. The summed E-state index contributed by atoms with van der Waals surface area (Å²) in [5, 5.41) is 0. The summed E-state index contributed by atoms with van der Waals surface area (Å²) < 4.78 is 28.6. The normalized spacial score (nSPS) is 20.1. The quantitative estimate of drug-likeness (QED) is 0.872. The van der Waals surface area contributed by atoms with Crippen molar-refractivity contribution >= 4 is 16.0 Å². The van der Waals surface area contributed by atoms with Crippen molar-refractivity contribution in [2.24, 2.45) is 0 Å². The molecular formula is C15H25N5O2S. The number of anilines is 1. The third kappa shape index (κ3) is 4.19. The predicted octanol–water partition coefficient (Wildman–Crippen LogP) is 1.21. The number of hydrogen-bond acceptors (Lipinski definition) is 5. The molecule has 1 N–H and O–H groups in total. The maximum Gasteiger partial charge on any atom is 0.279 e. The van der Waals surface area contributed by atoms with E-state index in [1.54, 1.807) is 0 Å². The van der Waals surface area contributed by atoms with Gasteiger partial charge in [0.2, 0.25) is 0 Å². The SMILES string of the molecule is Cc1cc(N2CCCCC2)nc(CNS(=O)(=O)N2CCCC2)n1. The van der Waals surface area contributed by atoms with Crippen molar-refractivity contribution < 1.29 is 8.42 Å². The fourth-order valence-corrected chi connectivity index (χ4v) is 4.38. The molecule has 2 fully saturated rings. The van der Waals surface area contributed by atoms with Gasteiger partial charge in [-0.15, -0.1) is 0 Å². The molecular weight excluding hydrogens is 314 g/mol. The van der Waals surface area contributed by atoms with Crippen LogP contribution >= 0.6 is 0 Å². The van der Waals surface area contributed by atoms with Crippen LogP contribution in [0.2, 0.25) is 0 Å². The van der Waals surface area contributed by atoms with E-state index in [9.17, 15) is 8.42 Å². The molecule has 1 aromatic rings. The molecule has 3 rings (SSSR count). The molecule has 0 aliphatic carbocycles. The Morgan fingerprint density at radius 2 is 1.70 bits per heavy atom. The van der Waals surface area contributed by atoms with Gasteiger partial charge in [0.1, 0.15) is 11.6 Å². The van der Waals surface area contributed by atoms with E-state index in [0.29, 0.717) is 18.9 Å². The minimum atomic E-state index is -3.42. The van der Waals surface area contributed by atoms with Crippen LogP contribution in [0.3, 0.4) is 0 Å². The maximum atomic E-state index is 12.2. The zero-order valence-corrected chi connectivity index (χ0v) is 14.5. The van der Waals surface area contributed by atoms with Gasteiger partial charge in [-0.1, -0.05) is 0 Å². The summed E-state index contributed by atoms with van der Waals surface area (Å²) in [7, 11) is -3.42. The van der Waals surface area contributed by atoms with Crippen molar-refractivity contribution in [2.45, 2.75) is 45.6 Å². The van der Waals surface area contributed by atoms with Crippen LogP contribution in [0.5, 0.6) is 0 Å². The van der Waals surface area contributed by atoms with Gasteiger partial charge in [-0.2, -0.15) is 17.4 Å². The van der Waals surface area contributed by atoms with Crippen molar-refractivity contribution in [1.29, 1.82) is 0 Å². The van der Waals surface area contributed by atoms with Gasteiger partial charge in [0.15, 0.2) is 0 Å². The second kappa shape index (κ2) is 7.11. The van der Waals surface area contributed by atoms with Crippen LogP contribution in [-0.2, 0) is 16.8 Å². The molecule has 2 saturated heterocycles. The van der Waals surface area contributed by atoms with Crippen LogP contribution in [0.4, 0.5) is 5.82 Å². The van der Waals surface area contributed by atoms with Gasteiger partial charge in [0.05, 0.1) is 6.54 Å². The van der Waals surface area contributed by atoms with Crippen molar-refractivity contribution in [3.63, 3.8) is 0 Å². The summed E-state index contributed by atoms with van der Waals surface area (Å²) in [6.07, 6.45) is 5.49. The summed E-state index contributed by atoms with van der Waals surface area (Å²) in [6.45, 7) is 5.28. The fourth-order valence-electron chi connectivity index (χ4n) is 3.15. The van der Waals surface area contributed by atoms with E-state index < -0.39 is 10.2 Å². The molecule has 128 valence electrons. The largest absolute Gasteiger partial charge is 0.357 e. The minimum absolute atomic E-state index is 0.140. The lowest BCUT2D eigenvalue weighted by atomic mass is 10.1. The lowest BCUT2D eigenvalue weighted by molar-refractivity contribution is 0.463. The first-order chi connectivity index (χ1) is 11.0. The van der Waals surface area contributed by atoms with Crippen LogP contribution in [0.25, 0.3) is 0 Å². The number of hydrogen-bond donors (Lipinski definition) is 1. The van der Waals surface area contributed by atoms with Crippen LogP contribution < -0.4 is 9.62 Å². The number of piperidine rings is 1. The van der Waals surface area contributed by atoms with Gasteiger partial charge in [-0.05, 0) is 39.0 Å². The van der Waals surface area contributed by atoms with Crippen molar-refractivity contribution in [3.05, 3.63) is 17.6 Å². The average Bonchev–Trinajstić information content (AvgIpc) is 3.09. The third-order valence-corrected chi connectivity index (χ3v) is 5.94. The van der Waals surface area contributed by atoms with Gasteiger partial charge < -0.3 is 4.90 Å². The van der Waals surface area contributed by atoms with E-state index in [1.807, 2.05) is 13.0 Å². The summed E-state index contributed by atoms with van der Waals surface area (Å²) >= 11 is 0. The highest BCUT2D eigenvalue weighted by Gasteiger charge is 2.25. The Morgan fingerprint density at radius 1 is 1.04 bits per heavy atom. The van der Waals surface area contributed by atoms with Crippen molar-refractivity contribution in [2.75, 3.05) is 31.1 Å². The zero-order valence-electron chi connectivity index (χ0n) is 13.7. The van der Waals surface area contributed by atoms with E-state index in [-0.39, 0.29) is 6.54 Å². The number of nitrogens with zero attached hydrogens (tertiary/aromatic N) is 4. The number of rotatable bonds is 5. The topological polar surface area (TPSA) is 78.4 Å². The lowest BCUT2D eigenvalue weighted by Crippen LogP contribution is -2.39. The molecule has 1 aromatic heterocycles. The van der Waals surface area contributed by atoms with E-state index in [0.717, 1.165) is 37.4 Å². The Kier molecular flexibility index (Phi) is 5.13. The molecule has 0 radical (unpaired) electrons. The highest BCUT2D eigenvalue weighted by atomic mass is 32.2. The number of nitrogens with one attached hydrogen (secondary N) is 1. The molecule has 23 heavy (non-hydrogen) atoms. The minimum Gasteiger partial charge on any atom is -0.357 e. The Hall–Kier alpha value is -1.25. The van der Waals surface area contributed by atoms with E-state index in [4.69, 9.17) is 0 Å². The van der Waals surface area contributed by atoms with Gasteiger partial charge in [0.25, 0.3) is 10.2 Å². The molecule has 2 aliphatic heterocycles. The Morgan fingerprint density at radius 3 is 2.39 bits per heavy atom. The van der Waals surface area contributed by atoms with Crippen LogP contribution in [0.15, 0.2) is 6.07 Å². The molecule has 0 aromatic carbocycles. The molecule has 0 unspecified atom stereocenters. The second-order valence-corrected chi connectivity index (χ2v) is 8.02. The summed E-state index contributed by atoms with van der Waals surface area (Å²) in [4.78, 5) is 11.2. The van der Waals surface area contributed by atoms with E-state index in [2.05, 4.69) is 19.6 Å². The molecule has 8 heteroatoms. The van der Waals surface area contributed by atoms with Crippen LogP contribution in [0, 0.1) is 6.92 Å². The smallest absolute Gasteiger partial charge is 0.279 e. The van der Waals surface area contributed by atoms with Crippen molar-refractivity contribution in [1.82, 2.24) is 19.0 Å². The molecule has 7 nitrogen and oxygen atoms in total. The van der Waals surface area contributed by atoms with Gasteiger partial charge >= 0.3 is 0 Å². The molecule has 3 heterocycles. The molecule has 0 saturated carbocycles. The van der Waals surface area contributed by atoms with Gasteiger partial charge in [-0.3, -0.25) is 0 Å². The predicted molar refractivity (Wildman–Crippen MR) is 89.4 cm³/mol.